The van der Waals surface area contributed by atoms with Gasteiger partial charge >= 0.3 is 0 Å². The van der Waals surface area contributed by atoms with Crippen LogP contribution in [0, 0.1) is 6.42 Å². The van der Waals surface area contributed by atoms with E-state index in [1.807, 2.05) is 0 Å². The zero-order valence-corrected chi connectivity index (χ0v) is 10.5. The number of piperidine rings is 1. The molecule has 5 heteroatoms. The van der Waals surface area contributed by atoms with Crippen molar-refractivity contribution in [3.8, 4) is 0 Å². The van der Waals surface area contributed by atoms with Gasteiger partial charge in [-0.05, 0) is 58.2 Å². The first-order chi connectivity index (χ1) is 7.77. The van der Waals surface area contributed by atoms with Crippen LogP contribution in [0.3, 0.4) is 0 Å². The maximum atomic E-state index is 11.2. The average Bonchev–Trinajstić information content (AvgIpc) is 3.09. The van der Waals surface area contributed by atoms with Crippen molar-refractivity contribution >= 4 is 10.7 Å². The van der Waals surface area contributed by atoms with Crippen LogP contribution in [0.5, 0.6) is 0 Å². The van der Waals surface area contributed by atoms with Crippen LogP contribution in [0.2, 0.25) is 0 Å². The van der Waals surface area contributed by atoms with Crippen molar-refractivity contribution in [3.63, 3.8) is 0 Å². The third-order valence-electron chi connectivity index (χ3n) is 3.32. The van der Waals surface area contributed by atoms with Crippen LogP contribution in [0.15, 0.2) is 0 Å². The summed E-state index contributed by atoms with van der Waals surface area (Å²) in [6.45, 7) is 2.63. The molecule has 0 aromatic carbocycles. The Hall–Kier alpha value is -0.130. The second kappa shape index (κ2) is 5.98. The Labute approximate surface area is 99.3 Å². The number of hydrogen-bond donors (Lipinski definition) is 2. The topological polar surface area (TPSA) is 49.4 Å². The van der Waals surface area contributed by atoms with Gasteiger partial charge in [0.2, 0.25) is 0 Å². The molecule has 0 aromatic heterocycles. The third-order valence-corrected chi connectivity index (χ3v) is 4.39. The molecule has 0 spiro atoms. The molecule has 1 radical (unpaired) electrons. The van der Waals surface area contributed by atoms with E-state index < -0.39 is 10.7 Å². The van der Waals surface area contributed by atoms with Crippen molar-refractivity contribution < 1.29 is 8.42 Å². The van der Waals surface area contributed by atoms with Crippen molar-refractivity contribution in [1.82, 2.24) is 10.2 Å². The summed E-state index contributed by atoms with van der Waals surface area (Å²) in [6.07, 6.45) is 7.54. The van der Waals surface area contributed by atoms with Crippen LogP contribution in [-0.2, 0) is 10.7 Å². The van der Waals surface area contributed by atoms with Gasteiger partial charge in [-0.25, -0.2) is 8.42 Å². The fourth-order valence-corrected chi connectivity index (χ4v) is 3.03. The second-order valence-electron chi connectivity index (χ2n) is 4.69. The summed E-state index contributed by atoms with van der Waals surface area (Å²) >= 11 is 0. The van der Waals surface area contributed by atoms with E-state index in [0.29, 0.717) is 6.04 Å². The molecule has 1 aliphatic carbocycles. The number of nitrogens with one attached hydrogen (secondary N) is 1. The van der Waals surface area contributed by atoms with Crippen LogP contribution >= 0.6 is 0 Å². The Bertz CT molecular complexity index is 276. The summed E-state index contributed by atoms with van der Waals surface area (Å²) in [5, 5.41) is 3.12. The highest BCUT2D eigenvalue weighted by Crippen LogP contribution is 2.19. The smallest absolute Gasteiger partial charge is 0.156 e. The highest BCUT2D eigenvalue weighted by Gasteiger charge is 2.24. The lowest BCUT2D eigenvalue weighted by Gasteiger charge is -2.31. The Kier molecular flexibility index (Phi) is 4.61. The molecule has 1 saturated heterocycles. The minimum atomic E-state index is -2.33. The quantitative estimate of drug-likeness (QED) is 0.664. The van der Waals surface area contributed by atoms with Crippen LogP contribution in [-0.4, -0.2) is 44.4 Å². The van der Waals surface area contributed by atoms with Crippen molar-refractivity contribution in [3.05, 3.63) is 6.42 Å². The van der Waals surface area contributed by atoms with Crippen molar-refractivity contribution in [2.45, 2.75) is 43.5 Å². The van der Waals surface area contributed by atoms with Crippen molar-refractivity contribution in [2.75, 3.05) is 19.6 Å². The van der Waals surface area contributed by atoms with E-state index in [1.54, 1.807) is 0 Å². The predicted molar refractivity (Wildman–Crippen MR) is 64.9 cm³/mol. The molecule has 93 valence electrons. The van der Waals surface area contributed by atoms with E-state index in [2.05, 4.69) is 16.6 Å². The van der Waals surface area contributed by atoms with Crippen LogP contribution in [0.4, 0.5) is 0 Å². The largest absolute Gasteiger partial charge is 0.314 e. The van der Waals surface area contributed by atoms with E-state index in [4.69, 9.17) is 0 Å². The van der Waals surface area contributed by atoms with Crippen molar-refractivity contribution in [2.24, 2.45) is 0 Å². The Balaban J connectivity index is 1.77. The van der Waals surface area contributed by atoms with Gasteiger partial charge in [-0.1, -0.05) is 0 Å². The van der Waals surface area contributed by atoms with Gasteiger partial charge in [0.25, 0.3) is 0 Å². The molecule has 1 saturated carbocycles. The summed E-state index contributed by atoms with van der Waals surface area (Å²) in [5.74, 6) is 0. The highest BCUT2D eigenvalue weighted by atomic mass is 32.2. The molecule has 1 unspecified atom stereocenters. The molecule has 2 fully saturated rings. The lowest BCUT2D eigenvalue weighted by molar-refractivity contribution is 0.223. The number of likely N-dealkylation sites (tertiary alicyclic amines) is 1. The molecule has 1 N–H and O–H groups in total. The minimum absolute atomic E-state index is 0.255. The van der Waals surface area contributed by atoms with E-state index in [0.717, 1.165) is 38.9 Å². The van der Waals surface area contributed by atoms with Gasteiger partial charge in [-0.3, -0.25) is 4.90 Å². The first-order valence-electron chi connectivity index (χ1n) is 6.20. The third kappa shape index (κ3) is 3.71. The summed E-state index contributed by atoms with van der Waals surface area (Å²) in [6, 6.07) is 0.667. The maximum Gasteiger partial charge on any atom is 0.156 e. The van der Waals surface area contributed by atoms with Gasteiger partial charge in [0.05, 0.1) is 0 Å². The Morgan fingerprint density at radius 1 is 1.31 bits per heavy atom. The lowest BCUT2D eigenvalue weighted by atomic mass is 10.1. The standard InChI is InChI=1S/C11H21N2O2S/c14-16(15)11(6-7-12-10-4-5-10)13-8-2-1-3-9-13/h1,10-12,16H,2-9H2. The molecule has 0 aromatic rings. The summed E-state index contributed by atoms with van der Waals surface area (Å²) in [4.78, 5) is 2.11. The fraction of sp³-hybridized carbons (Fsp3) is 0.909. The molecule has 2 aliphatic rings. The van der Waals surface area contributed by atoms with Gasteiger partial charge < -0.3 is 5.32 Å². The van der Waals surface area contributed by atoms with Crippen molar-refractivity contribution in [1.29, 1.82) is 0 Å². The first kappa shape index (κ1) is 12.3. The Morgan fingerprint density at radius 3 is 2.56 bits per heavy atom. The predicted octanol–water partition coefficient (Wildman–Crippen LogP) is 0.366. The van der Waals surface area contributed by atoms with Crippen LogP contribution < -0.4 is 5.32 Å². The van der Waals surface area contributed by atoms with Gasteiger partial charge in [-0.2, -0.15) is 0 Å². The molecule has 1 aliphatic heterocycles. The van der Waals surface area contributed by atoms with Crippen LogP contribution in [0.25, 0.3) is 0 Å². The van der Waals surface area contributed by atoms with Gasteiger partial charge in [-0.15, -0.1) is 0 Å². The zero-order chi connectivity index (χ0) is 11.4. The first-order valence-corrected chi connectivity index (χ1v) is 7.44. The molecule has 0 bridgehead atoms. The van der Waals surface area contributed by atoms with Gasteiger partial charge in [0.1, 0.15) is 5.37 Å². The normalized spacial score (nSPS) is 24.8. The lowest BCUT2D eigenvalue weighted by Crippen LogP contribution is -2.41. The van der Waals surface area contributed by atoms with Crippen LogP contribution in [0.1, 0.15) is 32.1 Å². The van der Waals surface area contributed by atoms with E-state index in [9.17, 15) is 8.42 Å². The molecule has 0 amide bonds. The van der Waals surface area contributed by atoms with Gasteiger partial charge in [0.15, 0.2) is 10.7 Å². The summed E-state index contributed by atoms with van der Waals surface area (Å²) in [7, 11) is -2.33. The Morgan fingerprint density at radius 2 is 2.00 bits per heavy atom. The number of thiol groups is 1. The molecule has 16 heavy (non-hydrogen) atoms. The summed E-state index contributed by atoms with van der Waals surface area (Å²) in [5.41, 5.74) is 0. The average molecular weight is 245 g/mol. The highest BCUT2D eigenvalue weighted by molar-refractivity contribution is 7.73. The minimum Gasteiger partial charge on any atom is -0.314 e. The van der Waals surface area contributed by atoms with E-state index in [1.165, 1.54) is 12.8 Å². The van der Waals surface area contributed by atoms with Gasteiger partial charge in [0, 0.05) is 6.04 Å². The second-order valence-corrected chi connectivity index (χ2v) is 5.85. The molecular weight excluding hydrogens is 224 g/mol. The molecular formula is C11H21N2O2S. The number of rotatable bonds is 6. The molecule has 2 rings (SSSR count). The summed E-state index contributed by atoms with van der Waals surface area (Å²) < 4.78 is 22.5. The number of nitrogens with zero attached hydrogens (tertiary/aromatic N) is 1. The van der Waals surface area contributed by atoms with E-state index >= 15 is 0 Å². The van der Waals surface area contributed by atoms with E-state index in [-0.39, 0.29) is 5.37 Å². The molecule has 1 atom stereocenters. The maximum absolute atomic E-state index is 11.2. The fourth-order valence-electron chi connectivity index (χ4n) is 2.19. The SMILES string of the molecule is O=[SH](=O)C(CCNC1CC1)N1CC[CH]CC1. The zero-order valence-electron chi connectivity index (χ0n) is 9.60. The molecule has 1 heterocycles. The monoisotopic (exact) mass is 245 g/mol. The molecule has 4 nitrogen and oxygen atoms in total. The number of hydrogen-bond acceptors (Lipinski definition) is 4.